The number of rotatable bonds is 45. The van der Waals surface area contributed by atoms with Crippen LogP contribution in [0.5, 0.6) is 17.4 Å². The van der Waals surface area contributed by atoms with Gasteiger partial charge in [0.15, 0.2) is 12.3 Å². The second-order valence-corrected chi connectivity index (χ2v) is 25.6. The molecule has 29 nitrogen and oxygen atoms in total. The van der Waals surface area contributed by atoms with Gasteiger partial charge in [0.1, 0.15) is 35.0 Å². The third kappa shape index (κ3) is 26.1. The number of nitrogens with one attached hydrogen (secondary N) is 4. The highest BCUT2D eigenvalue weighted by Crippen LogP contribution is 2.42. The van der Waals surface area contributed by atoms with E-state index in [4.69, 9.17) is 47.6 Å². The molecule has 4 atom stereocenters. The third-order valence-corrected chi connectivity index (χ3v) is 16.5. The first-order valence-electron chi connectivity index (χ1n) is 33.7. The molecule has 34 heteroatoms. The highest BCUT2D eigenvalue weighted by Gasteiger charge is 2.49. The van der Waals surface area contributed by atoms with Crippen LogP contribution in [0.25, 0.3) is 5.65 Å². The van der Waals surface area contributed by atoms with Gasteiger partial charge in [0.2, 0.25) is 11.8 Å². The highest BCUT2D eigenvalue weighted by atomic mass is 19.4. The second kappa shape index (κ2) is 39.0. The van der Waals surface area contributed by atoms with Gasteiger partial charge in [-0.05, 0) is 80.2 Å². The number of carbonyl (C=O) groups excluding carboxylic acids is 4. The number of aryl methyl sites for hydroxylation is 2. The van der Waals surface area contributed by atoms with Gasteiger partial charge in [0.25, 0.3) is 17.7 Å². The Morgan fingerprint density at radius 1 is 0.782 bits per heavy atom. The molecule has 8 rings (SSSR count). The van der Waals surface area contributed by atoms with Crippen LogP contribution in [-0.2, 0) is 62.4 Å². The number of amides is 5. The number of benzene rings is 1. The van der Waals surface area contributed by atoms with Crippen LogP contribution in [0.4, 0.5) is 26.7 Å². The number of carboxylic acid groups (broad SMARTS) is 1. The average molecular weight is 1430 g/mol. The van der Waals surface area contributed by atoms with Crippen molar-refractivity contribution in [3.8, 4) is 17.4 Å². The minimum atomic E-state index is -4.65. The number of ether oxygens (including phenoxy) is 9. The number of pyridine rings is 1. The number of alkyl halides is 5. The summed E-state index contributed by atoms with van der Waals surface area (Å²) in [6.07, 6.45) is 6.67. The SMILES string of the molecule is COC[C@H](c1cnn2cc([C@@H](NC(=O)c3ccnn3CCCCCCn3cc(COCCOCCOCCOCCOCCOCCNC(=O)COc4cccc(Oc5ccc(C(=O)N[C@@H](CCC(C)(C)C)C(=O)O)cn5)c4)nn3)C3CCC(F)(F)CC3)nc2c1)N1C[C@@H](C(F)(F)F)NC1=O. The Kier molecular flexibility index (Phi) is 30.2. The molecule has 5 aromatic heterocycles. The van der Waals surface area contributed by atoms with Gasteiger partial charge in [-0.15, -0.1) is 5.10 Å². The van der Waals surface area contributed by atoms with Crippen molar-refractivity contribution in [2.75, 3.05) is 106 Å². The molecular weight excluding hydrogens is 1340 g/mol. The Morgan fingerprint density at radius 3 is 2.10 bits per heavy atom. The van der Waals surface area contributed by atoms with Crippen LogP contribution in [0.1, 0.15) is 135 Å². The highest BCUT2D eigenvalue weighted by molar-refractivity contribution is 5.96. The third-order valence-electron chi connectivity index (χ3n) is 16.5. The molecule has 0 unspecified atom stereocenters. The first-order chi connectivity index (χ1) is 48.5. The number of unbranched alkanes of at least 4 members (excludes halogenated alkanes) is 3. The number of imidazole rings is 1. The van der Waals surface area contributed by atoms with Gasteiger partial charge >= 0.3 is 18.2 Å². The summed E-state index contributed by atoms with van der Waals surface area (Å²) >= 11 is 0. The summed E-state index contributed by atoms with van der Waals surface area (Å²) in [4.78, 5) is 73.5. The number of urea groups is 1. The monoisotopic (exact) mass is 1430 g/mol. The number of hydrogen-bond acceptors (Lipinski definition) is 20. The van der Waals surface area contributed by atoms with E-state index in [2.05, 4.69) is 41.4 Å². The van der Waals surface area contributed by atoms with Gasteiger partial charge in [-0.3, -0.25) is 23.7 Å². The van der Waals surface area contributed by atoms with Crippen molar-refractivity contribution >= 4 is 35.4 Å². The summed E-state index contributed by atoms with van der Waals surface area (Å²) in [6.45, 7) is 10.7. The Labute approximate surface area is 581 Å². The van der Waals surface area contributed by atoms with Crippen LogP contribution in [0, 0.1) is 11.3 Å². The van der Waals surface area contributed by atoms with Crippen molar-refractivity contribution < 1.29 is 93.7 Å². The molecule has 2 fully saturated rings. The average Bonchev–Trinajstić information content (AvgIpc) is 1.66. The van der Waals surface area contributed by atoms with Gasteiger partial charge in [0.05, 0.1) is 134 Å². The van der Waals surface area contributed by atoms with Gasteiger partial charge in [-0.25, -0.2) is 32.9 Å². The number of carbonyl (C=O) groups is 5. The number of nitrogens with zero attached hydrogens (tertiary/aromatic N) is 10. The fourth-order valence-corrected chi connectivity index (χ4v) is 11.1. The predicted octanol–water partition coefficient (Wildman–Crippen LogP) is 7.71. The van der Waals surface area contributed by atoms with E-state index >= 15 is 0 Å². The number of methoxy groups -OCH3 is 1. The Morgan fingerprint density at radius 2 is 1.46 bits per heavy atom. The van der Waals surface area contributed by atoms with Crippen molar-refractivity contribution in [1.82, 2.24) is 70.5 Å². The summed E-state index contributed by atoms with van der Waals surface area (Å²) in [5.41, 5.74) is 2.07. The maximum Gasteiger partial charge on any atom is 0.410 e. The van der Waals surface area contributed by atoms with E-state index < -0.39 is 72.5 Å². The number of hydrogen-bond donors (Lipinski definition) is 5. The minimum absolute atomic E-state index is 0.0842. The lowest BCUT2D eigenvalue weighted by molar-refractivity contribution is -0.150. The van der Waals surface area contributed by atoms with E-state index in [0.717, 1.165) is 30.6 Å². The standard InChI is InChI=1S/C67H91F5N14O15/c1-65(2,3)18-16-52(63(90)91)78-61(88)47-12-13-59(74-38-47)101-51-11-9-10-50(37-51)100-45-58(87)73-22-25-94-26-27-95-28-29-96-30-31-97-32-33-98-34-35-99-43-49-40-83(82-81-49)23-7-5-6-8-24-85-54(17-21-75-85)62(89)80-60(46-14-19-66(68,69)20-15-46)53-41-86-57(77-53)36-48(39-76-86)55(44-93-4)84-42-56(67(70,71)72)79-64(84)92/h9-13,17,21,36-41,46,52,55-56,60H,5-8,14-16,18-20,22-35,42-45H2,1-4H3,(H,73,87)(H,78,88)(H,79,92)(H,80,89)(H,90,91)/t52-,55+,56-,60-/m0/s1. The molecule has 0 spiro atoms. The minimum Gasteiger partial charge on any atom is -0.484 e. The van der Waals surface area contributed by atoms with Crippen LogP contribution >= 0.6 is 0 Å². The van der Waals surface area contributed by atoms with Gasteiger partial charge in [-0.1, -0.05) is 44.9 Å². The Hall–Kier alpha value is -8.54. The molecule has 1 aliphatic carbocycles. The zero-order chi connectivity index (χ0) is 72.2. The summed E-state index contributed by atoms with van der Waals surface area (Å²) in [5, 5.41) is 37.1. The molecule has 1 saturated carbocycles. The molecule has 0 radical (unpaired) electrons. The molecule has 6 aromatic rings. The molecule has 0 bridgehead atoms. The Balaban J connectivity index is 0.602. The molecule has 554 valence electrons. The number of aromatic nitrogens is 9. The van der Waals surface area contributed by atoms with Gasteiger partial charge < -0.3 is 73.9 Å². The molecule has 101 heavy (non-hydrogen) atoms. The van der Waals surface area contributed by atoms with Gasteiger partial charge in [0, 0.05) is 69.7 Å². The van der Waals surface area contributed by atoms with Crippen molar-refractivity contribution in [3.63, 3.8) is 0 Å². The smallest absolute Gasteiger partial charge is 0.410 e. The molecule has 2 aliphatic rings. The van der Waals surface area contributed by atoms with Crippen LogP contribution in [0.2, 0.25) is 0 Å². The number of fused-ring (bicyclic) bond motifs is 1. The first-order valence-corrected chi connectivity index (χ1v) is 33.7. The van der Waals surface area contributed by atoms with E-state index in [9.17, 15) is 51.0 Å². The summed E-state index contributed by atoms with van der Waals surface area (Å²) in [6, 6.07) is 7.05. The summed E-state index contributed by atoms with van der Waals surface area (Å²) < 4.78 is 125. The van der Waals surface area contributed by atoms with Crippen molar-refractivity contribution in [3.05, 3.63) is 108 Å². The number of carboxylic acids is 1. The van der Waals surface area contributed by atoms with E-state index in [1.807, 2.05) is 32.3 Å². The first kappa shape index (κ1) is 78.2. The van der Waals surface area contributed by atoms with Crippen LogP contribution in [0.15, 0.2) is 79.5 Å². The van der Waals surface area contributed by atoms with Crippen molar-refractivity contribution in [2.24, 2.45) is 11.3 Å². The zero-order valence-electron chi connectivity index (χ0n) is 57.2. The maximum atomic E-state index is 14.4. The van der Waals surface area contributed by atoms with Crippen LogP contribution in [-0.4, -0.2) is 214 Å². The lowest BCUT2D eigenvalue weighted by Gasteiger charge is -2.33. The van der Waals surface area contributed by atoms with E-state index in [1.165, 1.54) is 42.3 Å². The van der Waals surface area contributed by atoms with E-state index in [1.54, 1.807) is 52.0 Å². The fraction of sp³-hybridized carbons (Fsp3) is 0.597. The Bertz CT molecular complexity index is 3550. The molecule has 6 heterocycles. The lowest BCUT2D eigenvalue weighted by Crippen LogP contribution is -2.41. The lowest BCUT2D eigenvalue weighted by atomic mass is 9.81. The van der Waals surface area contributed by atoms with Crippen LogP contribution < -0.4 is 30.7 Å². The molecule has 1 saturated heterocycles. The van der Waals surface area contributed by atoms with Gasteiger partial charge in [-0.2, -0.15) is 23.4 Å². The number of aliphatic carboxylic acids is 1. The molecule has 1 aromatic carbocycles. The zero-order valence-corrected chi connectivity index (χ0v) is 57.2. The number of halogens is 5. The maximum absolute atomic E-state index is 14.4. The van der Waals surface area contributed by atoms with E-state index in [-0.39, 0.29) is 92.8 Å². The van der Waals surface area contributed by atoms with Crippen molar-refractivity contribution in [1.29, 1.82) is 0 Å². The normalized spacial score (nSPS) is 15.9. The van der Waals surface area contributed by atoms with Crippen LogP contribution in [0.3, 0.4) is 0 Å². The largest absolute Gasteiger partial charge is 0.484 e. The summed E-state index contributed by atoms with van der Waals surface area (Å²) in [5.74, 6) is -4.74. The molecule has 5 amide bonds. The summed E-state index contributed by atoms with van der Waals surface area (Å²) in [7, 11) is 1.36. The topological polar surface area (TPSA) is 332 Å². The van der Waals surface area contributed by atoms with Crippen molar-refractivity contribution in [2.45, 2.75) is 141 Å². The quantitative estimate of drug-likeness (QED) is 0.0180. The molecule has 5 N–H and O–H groups in total. The predicted molar refractivity (Wildman–Crippen MR) is 351 cm³/mol. The second-order valence-electron chi connectivity index (χ2n) is 25.6. The molecule has 1 aliphatic heterocycles. The molecular formula is C67H91F5N14O15. The fourth-order valence-electron chi connectivity index (χ4n) is 11.1. The van der Waals surface area contributed by atoms with E-state index in [0.29, 0.717) is 120 Å².